The van der Waals surface area contributed by atoms with E-state index in [9.17, 15) is 0 Å². The second kappa shape index (κ2) is 23.1. The van der Waals surface area contributed by atoms with Crippen LogP contribution in [0.2, 0.25) is 0 Å². The summed E-state index contributed by atoms with van der Waals surface area (Å²) in [6.45, 7) is 18.3. The minimum atomic E-state index is 0. The fourth-order valence-corrected chi connectivity index (χ4v) is 12.7. The second-order valence-corrected chi connectivity index (χ2v) is 20.7. The van der Waals surface area contributed by atoms with E-state index in [4.69, 9.17) is 39.9 Å². The Labute approximate surface area is 502 Å². The van der Waals surface area contributed by atoms with Crippen LogP contribution in [0.15, 0.2) is 109 Å². The molecule has 4 N–H and O–H groups in total. The molecule has 4 aliphatic heterocycles. The largest absolute Gasteiger partial charge is 0.355 e. The van der Waals surface area contributed by atoms with E-state index in [2.05, 4.69) is 99.6 Å². The number of allylic oxidation sites excluding steroid dienone is 2. The zero-order valence-corrected chi connectivity index (χ0v) is 49.4. The molecule has 16 bridgehead atoms. The molecular weight excluding hydrogens is 1210 g/mol. The molecule has 4 aromatic carbocycles. The van der Waals surface area contributed by atoms with Gasteiger partial charge in [-0.3, -0.25) is 0 Å². The van der Waals surface area contributed by atoms with Crippen molar-refractivity contribution in [3.05, 3.63) is 165 Å². The van der Waals surface area contributed by atoms with Crippen molar-refractivity contribution in [1.82, 2.24) is 59.8 Å². The van der Waals surface area contributed by atoms with Crippen LogP contribution in [0.4, 0.5) is 0 Å². The number of fused-ring (bicyclic) bond motifs is 28. The molecule has 82 heavy (non-hydrogen) atoms. The van der Waals surface area contributed by atoms with Crippen LogP contribution in [-0.4, -0.2) is 77.2 Å². The third-order valence-electron chi connectivity index (χ3n) is 16.4. The summed E-state index contributed by atoms with van der Waals surface area (Å²) in [6, 6.07) is 36.7. The summed E-state index contributed by atoms with van der Waals surface area (Å²) in [5.74, 6) is 2.39. The molecule has 10 heterocycles. The standard InChI is InChI=1S/C36H46N4.C32H18N8.Al.Pt.3H/c1-9-23-25(11-3)33-29(15-7)35-27(13-5)28(14-6)36(40-35)30(16-8)34-26(12-4)24(10-2)32(39-34)20-22-18-17-21(37-22)19-31(23)38-33;1-2-10-18-17(9-1)25-33-26(18)38-28-21-13-5-6-14-22(21)30(35-28)40-32-24-16-8-7-15-23(24)31(36-32)39-29-20-12-4-3-11-19(20)27(34-29)37-25;;;;;/h17-20,38-39H,9-16H2,1-8H3;1-16H,(H2,33,34,35,36,37,38,39,40);;;;;. The molecule has 412 valence electrons. The Morgan fingerprint density at radius 3 is 0.915 bits per heavy atom. The predicted molar refractivity (Wildman–Crippen MR) is 340 cm³/mol. The van der Waals surface area contributed by atoms with Crippen LogP contribution < -0.4 is 0 Å². The molecule has 14 heteroatoms. The van der Waals surface area contributed by atoms with E-state index in [1.165, 1.54) is 78.0 Å². The first-order valence-corrected chi connectivity index (χ1v) is 28.7. The van der Waals surface area contributed by atoms with Gasteiger partial charge in [-0.25, -0.2) is 39.9 Å². The van der Waals surface area contributed by atoms with Gasteiger partial charge in [0.1, 0.15) is 22.6 Å². The third-order valence-corrected chi connectivity index (χ3v) is 16.4. The van der Waals surface area contributed by atoms with Crippen molar-refractivity contribution in [3.8, 4) is 45.6 Å². The molecule has 0 saturated carbocycles. The Bertz CT molecular complexity index is 4170. The zero-order chi connectivity index (χ0) is 54.8. The number of nitrogens with one attached hydrogen (secondary N) is 4. The summed E-state index contributed by atoms with van der Waals surface area (Å²) in [7, 11) is 0. The van der Waals surface area contributed by atoms with E-state index in [-0.39, 0.29) is 38.4 Å². The summed E-state index contributed by atoms with van der Waals surface area (Å²) in [5.41, 5.74) is 26.9. The van der Waals surface area contributed by atoms with Gasteiger partial charge in [0.05, 0.1) is 22.8 Å². The summed E-state index contributed by atoms with van der Waals surface area (Å²) >= 11 is 0. The SMILES string of the molecule is CCC1=C(CC)c2nc1c(CC)c1[nH]c(cc3nc(cc4[nH]c(c2CC)c(CC)c4CC)C=C3)c(CC)c1CC.[AlH3].[Pt].c1ccc2c(c1)-c1nc-2nc2[nH]c(nc3nc(nc4[nH]c(n1)c1ccccc41)-c1ccccc1-3)c1ccccc21. The summed E-state index contributed by atoms with van der Waals surface area (Å²) in [5, 5.41) is 3.82. The van der Waals surface area contributed by atoms with E-state index >= 15 is 0 Å². The zero-order valence-electron chi connectivity index (χ0n) is 47.1. The van der Waals surface area contributed by atoms with Gasteiger partial charge in [0.15, 0.2) is 40.7 Å². The van der Waals surface area contributed by atoms with Gasteiger partial charge in [-0.05, 0) is 109 Å². The van der Waals surface area contributed by atoms with Crippen LogP contribution in [0.5, 0.6) is 0 Å². The van der Waals surface area contributed by atoms with Crippen molar-refractivity contribution in [2.45, 2.75) is 107 Å². The van der Waals surface area contributed by atoms with Gasteiger partial charge in [0.25, 0.3) is 0 Å². The topological polar surface area (TPSA) is 166 Å². The number of aromatic amines is 4. The number of H-pyrrole nitrogens is 4. The van der Waals surface area contributed by atoms with Gasteiger partial charge in [-0.1, -0.05) is 152 Å². The number of aryl methyl sites for hydroxylation is 6. The smallest absolute Gasteiger partial charge is 0.187 e. The molecule has 10 aromatic rings. The summed E-state index contributed by atoms with van der Waals surface area (Å²) < 4.78 is 0. The molecule has 0 spiro atoms. The molecule has 0 fully saturated rings. The second-order valence-electron chi connectivity index (χ2n) is 20.7. The first-order valence-electron chi connectivity index (χ1n) is 28.7. The Kier molecular flexibility index (Phi) is 15.8. The molecule has 0 saturated heterocycles. The maximum absolute atomic E-state index is 5.58. The molecule has 12 nitrogen and oxygen atoms in total. The molecule has 6 aromatic heterocycles. The predicted octanol–water partition coefficient (Wildman–Crippen LogP) is 15.3. The van der Waals surface area contributed by atoms with Gasteiger partial charge < -0.3 is 19.9 Å². The minimum absolute atomic E-state index is 0. The van der Waals surface area contributed by atoms with Crippen LogP contribution in [0.1, 0.15) is 124 Å². The molecule has 0 atom stereocenters. The van der Waals surface area contributed by atoms with Crippen LogP contribution in [0.25, 0.3) is 135 Å². The van der Waals surface area contributed by atoms with E-state index in [0.29, 0.717) is 45.9 Å². The Balaban J connectivity index is 0.000000168. The fourth-order valence-electron chi connectivity index (χ4n) is 12.7. The Morgan fingerprint density at radius 1 is 0.317 bits per heavy atom. The van der Waals surface area contributed by atoms with E-state index in [1.54, 1.807) is 0 Å². The van der Waals surface area contributed by atoms with Gasteiger partial charge in [-0.2, -0.15) is 0 Å². The van der Waals surface area contributed by atoms with Crippen molar-refractivity contribution in [2.24, 2.45) is 0 Å². The number of nitrogens with zero attached hydrogens (tertiary/aromatic N) is 8. The monoisotopic (exact) mass is 1270 g/mol. The number of hydrogen-bond donors (Lipinski definition) is 4. The van der Waals surface area contributed by atoms with Crippen molar-refractivity contribution < 1.29 is 21.1 Å². The van der Waals surface area contributed by atoms with Crippen molar-refractivity contribution in [1.29, 1.82) is 0 Å². The molecular formula is C68H67AlN12Pt. The molecule has 0 radical (unpaired) electrons. The van der Waals surface area contributed by atoms with Crippen molar-refractivity contribution in [3.63, 3.8) is 0 Å². The number of rotatable bonds is 8. The van der Waals surface area contributed by atoms with Crippen LogP contribution in [-0.2, 0) is 59.6 Å². The maximum Gasteiger partial charge on any atom is 0.187 e. The van der Waals surface area contributed by atoms with Crippen LogP contribution in [0, 0.1) is 0 Å². The van der Waals surface area contributed by atoms with Gasteiger partial charge >= 0.3 is 0 Å². The van der Waals surface area contributed by atoms with Gasteiger partial charge in [0.2, 0.25) is 0 Å². The average Bonchev–Trinajstić information content (AvgIpc) is 4.57. The van der Waals surface area contributed by atoms with Crippen molar-refractivity contribution in [2.75, 3.05) is 0 Å². The maximum atomic E-state index is 5.58. The minimum Gasteiger partial charge on any atom is -0.355 e. The van der Waals surface area contributed by atoms with Crippen LogP contribution in [0.3, 0.4) is 0 Å². The molecule has 14 rings (SSSR count). The fraction of sp³-hybridized carbons (Fsp3) is 0.235. The molecule has 0 amide bonds. The molecule has 4 aliphatic rings. The van der Waals surface area contributed by atoms with E-state index < -0.39 is 0 Å². The van der Waals surface area contributed by atoms with Crippen LogP contribution >= 0.6 is 0 Å². The summed E-state index contributed by atoms with van der Waals surface area (Å²) in [6.07, 6.45) is 12.1. The third kappa shape index (κ3) is 9.37. The van der Waals surface area contributed by atoms with Crippen molar-refractivity contribution >= 4 is 107 Å². The van der Waals surface area contributed by atoms with E-state index in [0.717, 1.165) is 107 Å². The number of benzene rings is 4. The first-order chi connectivity index (χ1) is 39.3. The average molecular weight is 1270 g/mol. The molecule has 0 aliphatic carbocycles. The number of hydrogen-bond acceptors (Lipinski definition) is 8. The molecule has 0 unspecified atom stereocenters. The quantitative estimate of drug-likeness (QED) is 0.109. The number of aromatic nitrogens is 12. The summed E-state index contributed by atoms with van der Waals surface area (Å²) in [4.78, 5) is 55.2. The first kappa shape index (κ1) is 55.9. The van der Waals surface area contributed by atoms with E-state index in [1.807, 2.05) is 97.1 Å². The van der Waals surface area contributed by atoms with Gasteiger partial charge in [0, 0.05) is 98.1 Å². The normalized spacial score (nSPS) is 12.2. The van der Waals surface area contributed by atoms with Gasteiger partial charge in [-0.15, -0.1) is 0 Å². The Morgan fingerprint density at radius 2 is 0.622 bits per heavy atom. The Hall–Kier alpha value is -7.94.